The van der Waals surface area contributed by atoms with Crippen LogP contribution in [0.2, 0.25) is 0 Å². The van der Waals surface area contributed by atoms with E-state index in [-0.39, 0.29) is 18.1 Å². The summed E-state index contributed by atoms with van der Waals surface area (Å²) in [7, 11) is 0. The summed E-state index contributed by atoms with van der Waals surface area (Å²) in [6.07, 6.45) is 6.74. The minimum absolute atomic E-state index is 0.100. The molecule has 0 bridgehead atoms. The first-order valence-corrected chi connectivity index (χ1v) is 8.94. The lowest BCUT2D eigenvalue weighted by Gasteiger charge is -2.50. The number of ether oxygens (including phenoxy) is 1. The lowest BCUT2D eigenvalue weighted by Crippen LogP contribution is -2.43. The highest BCUT2D eigenvalue weighted by Gasteiger charge is 2.54. The summed E-state index contributed by atoms with van der Waals surface area (Å²) >= 11 is 0. The number of hydrogen-bond donors (Lipinski definition) is 1. The Hall–Kier alpha value is -1.53. The lowest BCUT2D eigenvalue weighted by atomic mass is 9.55. The highest BCUT2D eigenvalue weighted by molar-refractivity contribution is 5.40. The maximum absolute atomic E-state index is 10.4. The second-order valence-electron chi connectivity index (χ2n) is 7.86. The fourth-order valence-electron chi connectivity index (χ4n) is 5.74. The molecule has 3 aliphatic carbocycles. The maximum Gasteiger partial charge on any atom is 0.174 e. The van der Waals surface area contributed by atoms with Crippen molar-refractivity contribution in [1.82, 2.24) is 0 Å². The SMILES string of the molecule is C[C@]12CC[C@@H]3c4ccc(OCC#N)cc4CC[C@H]3[C@@H]1CCC2O. The van der Waals surface area contributed by atoms with Crippen molar-refractivity contribution in [3.05, 3.63) is 29.3 Å². The van der Waals surface area contributed by atoms with Gasteiger partial charge < -0.3 is 9.84 Å². The summed E-state index contributed by atoms with van der Waals surface area (Å²) in [6.45, 7) is 2.43. The van der Waals surface area contributed by atoms with Crippen LogP contribution in [0, 0.1) is 28.6 Å². The fraction of sp³-hybridized carbons (Fsp3) is 0.650. The molecule has 4 rings (SSSR count). The van der Waals surface area contributed by atoms with Crippen molar-refractivity contribution in [2.75, 3.05) is 6.61 Å². The zero-order valence-corrected chi connectivity index (χ0v) is 13.8. The summed E-state index contributed by atoms with van der Waals surface area (Å²) in [4.78, 5) is 0. The predicted molar refractivity (Wildman–Crippen MR) is 88.2 cm³/mol. The minimum Gasteiger partial charge on any atom is -0.479 e. The van der Waals surface area contributed by atoms with Gasteiger partial charge in [-0.25, -0.2) is 0 Å². The Kier molecular flexibility index (Phi) is 3.61. The van der Waals surface area contributed by atoms with Crippen LogP contribution in [0.3, 0.4) is 0 Å². The van der Waals surface area contributed by atoms with Gasteiger partial charge in [0.15, 0.2) is 6.61 Å². The monoisotopic (exact) mass is 311 g/mol. The number of fused-ring (bicyclic) bond motifs is 5. The van der Waals surface area contributed by atoms with Crippen LogP contribution in [0.25, 0.3) is 0 Å². The van der Waals surface area contributed by atoms with Crippen molar-refractivity contribution in [2.45, 2.75) is 57.5 Å². The topological polar surface area (TPSA) is 53.2 Å². The van der Waals surface area contributed by atoms with Gasteiger partial charge in [-0.05, 0) is 85.0 Å². The molecular weight excluding hydrogens is 286 g/mol. The molecule has 3 aliphatic rings. The van der Waals surface area contributed by atoms with Crippen LogP contribution in [-0.4, -0.2) is 17.8 Å². The van der Waals surface area contributed by atoms with Crippen LogP contribution in [-0.2, 0) is 6.42 Å². The molecule has 3 heteroatoms. The molecule has 0 aliphatic heterocycles. The smallest absolute Gasteiger partial charge is 0.174 e. The van der Waals surface area contributed by atoms with E-state index < -0.39 is 0 Å². The zero-order valence-electron chi connectivity index (χ0n) is 13.8. The molecule has 1 aromatic rings. The van der Waals surface area contributed by atoms with Gasteiger partial charge in [0.2, 0.25) is 0 Å². The van der Waals surface area contributed by atoms with E-state index in [0.717, 1.165) is 30.9 Å². The van der Waals surface area contributed by atoms with Gasteiger partial charge in [-0.1, -0.05) is 13.0 Å². The van der Waals surface area contributed by atoms with Crippen LogP contribution < -0.4 is 4.74 Å². The third-order valence-corrected chi connectivity index (χ3v) is 6.95. The first-order valence-electron chi connectivity index (χ1n) is 8.94. The number of hydrogen-bond acceptors (Lipinski definition) is 3. The Balaban J connectivity index is 1.61. The van der Waals surface area contributed by atoms with E-state index in [1.54, 1.807) is 0 Å². The van der Waals surface area contributed by atoms with Crippen LogP contribution in [0.15, 0.2) is 18.2 Å². The lowest BCUT2D eigenvalue weighted by molar-refractivity contribution is -0.0226. The van der Waals surface area contributed by atoms with Gasteiger partial charge in [-0.2, -0.15) is 5.26 Å². The fourth-order valence-corrected chi connectivity index (χ4v) is 5.74. The molecule has 1 aromatic carbocycles. The molecule has 2 saturated carbocycles. The zero-order chi connectivity index (χ0) is 16.0. The van der Waals surface area contributed by atoms with Gasteiger partial charge in [-0.3, -0.25) is 0 Å². The highest BCUT2D eigenvalue weighted by Crippen LogP contribution is 2.60. The number of aliphatic hydroxyl groups excluding tert-OH is 1. The molecular formula is C20H25NO2. The van der Waals surface area contributed by atoms with Crippen molar-refractivity contribution in [1.29, 1.82) is 5.26 Å². The summed E-state index contributed by atoms with van der Waals surface area (Å²) in [5.41, 5.74) is 3.05. The normalized spacial score (nSPS) is 38.1. The van der Waals surface area contributed by atoms with E-state index in [4.69, 9.17) is 10.00 Å². The van der Waals surface area contributed by atoms with Crippen molar-refractivity contribution in [2.24, 2.45) is 17.3 Å². The predicted octanol–water partition coefficient (Wildman–Crippen LogP) is 3.81. The third-order valence-electron chi connectivity index (χ3n) is 6.95. The van der Waals surface area contributed by atoms with Crippen molar-refractivity contribution >= 4 is 0 Å². The first kappa shape index (κ1) is 15.0. The van der Waals surface area contributed by atoms with E-state index in [9.17, 15) is 5.11 Å². The molecule has 122 valence electrons. The first-order chi connectivity index (χ1) is 11.1. The molecule has 0 radical (unpaired) electrons. The Morgan fingerprint density at radius 1 is 1.30 bits per heavy atom. The molecule has 3 nitrogen and oxygen atoms in total. The Labute approximate surface area is 138 Å². The molecule has 0 saturated heterocycles. The van der Waals surface area contributed by atoms with Crippen molar-refractivity contribution in [3.63, 3.8) is 0 Å². The molecule has 1 N–H and O–H groups in total. The number of nitrogens with zero attached hydrogens (tertiary/aromatic N) is 1. The molecule has 5 atom stereocenters. The molecule has 2 fully saturated rings. The van der Waals surface area contributed by atoms with Crippen molar-refractivity contribution < 1.29 is 9.84 Å². The number of aliphatic hydroxyl groups is 1. The second kappa shape index (κ2) is 5.53. The minimum atomic E-state index is -0.100. The number of nitriles is 1. The van der Waals surface area contributed by atoms with Gasteiger partial charge in [0.05, 0.1) is 6.10 Å². The molecule has 23 heavy (non-hydrogen) atoms. The average Bonchev–Trinajstić information content (AvgIpc) is 2.88. The largest absolute Gasteiger partial charge is 0.479 e. The number of benzene rings is 1. The number of aryl methyl sites for hydroxylation is 1. The third kappa shape index (κ3) is 2.27. The van der Waals surface area contributed by atoms with Gasteiger partial charge in [0, 0.05) is 0 Å². The standard InChI is InChI=1S/C20H25NO2/c1-20-9-8-16-15-5-3-14(23-11-10-21)12-13(15)2-4-17(16)18(20)6-7-19(20)22/h3,5,12,16-19,22H,2,4,6-9,11H2,1H3/t16-,17-,18+,19?,20+/m1/s1. The Morgan fingerprint density at radius 2 is 2.17 bits per heavy atom. The van der Waals surface area contributed by atoms with Gasteiger partial charge in [0.25, 0.3) is 0 Å². The summed E-state index contributed by atoms with van der Waals surface area (Å²) in [5.74, 6) is 2.87. The van der Waals surface area contributed by atoms with Gasteiger partial charge >= 0.3 is 0 Å². The van der Waals surface area contributed by atoms with Crippen LogP contribution in [0.1, 0.15) is 56.1 Å². The van der Waals surface area contributed by atoms with E-state index >= 15 is 0 Å². The van der Waals surface area contributed by atoms with Crippen LogP contribution >= 0.6 is 0 Å². The van der Waals surface area contributed by atoms with E-state index in [1.165, 1.54) is 30.4 Å². The van der Waals surface area contributed by atoms with Crippen molar-refractivity contribution in [3.8, 4) is 11.8 Å². The molecule has 1 unspecified atom stereocenters. The Bertz CT molecular complexity index is 650. The van der Waals surface area contributed by atoms with Gasteiger partial charge in [0.1, 0.15) is 11.8 Å². The van der Waals surface area contributed by atoms with Crippen LogP contribution in [0.4, 0.5) is 0 Å². The quantitative estimate of drug-likeness (QED) is 0.903. The molecule has 0 heterocycles. The average molecular weight is 311 g/mol. The number of rotatable bonds is 2. The highest BCUT2D eigenvalue weighted by atomic mass is 16.5. The van der Waals surface area contributed by atoms with Gasteiger partial charge in [-0.15, -0.1) is 0 Å². The molecule has 0 amide bonds. The molecule has 0 aromatic heterocycles. The second-order valence-corrected chi connectivity index (χ2v) is 7.86. The van der Waals surface area contributed by atoms with Crippen LogP contribution in [0.5, 0.6) is 5.75 Å². The Morgan fingerprint density at radius 3 is 3.00 bits per heavy atom. The van der Waals surface area contributed by atoms with E-state index in [2.05, 4.69) is 19.1 Å². The van der Waals surface area contributed by atoms with E-state index in [0.29, 0.717) is 11.8 Å². The maximum atomic E-state index is 10.4. The van der Waals surface area contributed by atoms with E-state index in [1.807, 2.05) is 12.1 Å². The summed E-state index contributed by atoms with van der Waals surface area (Å²) in [5, 5.41) is 19.1. The molecule has 0 spiro atoms. The summed E-state index contributed by atoms with van der Waals surface area (Å²) in [6, 6.07) is 8.42. The summed E-state index contributed by atoms with van der Waals surface area (Å²) < 4.78 is 5.46.